The SMILES string of the molecule is CC1CC(c2nc(I)no2)CO1. The van der Waals surface area contributed by atoms with Crippen LogP contribution in [0.25, 0.3) is 0 Å². The molecule has 0 N–H and O–H groups in total. The van der Waals surface area contributed by atoms with Crippen LogP contribution in [0, 0.1) is 3.83 Å². The van der Waals surface area contributed by atoms with Gasteiger partial charge in [0.05, 0.1) is 18.6 Å². The molecule has 2 atom stereocenters. The van der Waals surface area contributed by atoms with Crippen LogP contribution in [-0.2, 0) is 4.74 Å². The van der Waals surface area contributed by atoms with Gasteiger partial charge in [-0.3, -0.25) is 0 Å². The normalized spacial score (nSPS) is 29.5. The average molecular weight is 280 g/mol. The molecule has 1 fully saturated rings. The molecule has 0 spiro atoms. The van der Waals surface area contributed by atoms with Gasteiger partial charge in [-0.25, -0.2) is 0 Å². The molecule has 2 unspecified atom stereocenters. The summed E-state index contributed by atoms with van der Waals surface area (Å²) in [4.78, 5) is 4.16. The lowest BCUT2D eigenvalue weighted by Crippen LogP contribution is -1.98. The summed E-state index contributed by atoms with van der Waals surface area (Å²) in [5.41, 5.74) is 0. The summed E-state index contributed by atoms with van der Waals surface area (Å²) in [6.07, 6.45) is 1.30. The van der Waals surface area contributed by atoms with Crippen molar-refractivity contribution in [3.05, 3.63) is 9.72 Å². The largest absolute Gasteiger partial charge is 0.378 e. The Hall–Kier alpha value is -0.170. The summed E-state index contributed by atoms with van der Waals surface area (Å²) in [7, 11) is 0. The van der Waals surface area contributed by atoms with Gasteiger partial charge >= 0.3 is 0 Å². The fraction of sp³-hybridized carbons (Fsp3) is 0.714. The lowest BCUT2D eigenvalue weighted by atomic mass is 10.1. The van der Waals surface area contributed by atoms with E-state index in [0.29, 0.717) is 28.4 Å². The van der Waals surface area contributed by atoms with Crippen LogP contribution in [0.2, 0.25) is 0 Å². The first-order chi connectivity index (χ1) is 5.75. The van der Waals surface area contributed by atoms with Crippen molar-refractivity contribution < 1.29 is 9.26 Å². The summed E-state index contributed by atoms with van der Waals surface area (Å²) in [5.74, 6) is 1.01. The zero-order chi connectivity index (χ0) is 8.55. The van der Waals surface area contributed by atoms with Crippen molar-refractivity contribution >= 4 is 22.6 Å². The molecule has 0 aliphatic carbocycles. The van der Waals surface area contributed by atoms with E-state index in [1.54, 1.807) is 0 Å². The highest BCUT2D eigenvalue weighted by Crippen LogP contribution is 2.27. The Bertz CT molecular complexity index is 276. The molecule has 4 nitrogen and oxygen atoms in total. The minimum absolute atomic E-state index is 0.302. The zero-order valence-corrected chi connectivity index (χ0v) is 8.82. The van der Waals surface area contributed by atoms with Gasteiger partial charge in [-0.2, -0.15) is 4.98 Å². The standard InChI is InChI=1S/C7H9IN2O2/c1-4-2-5(3-11-4)6-9-7(8)10-12-6/h4-5H,2-3H2,1H3. The van der Waals surface area contributed by atoms with Crippen LogP contribution in [0.15, 0.2) is 4.52 Å². The highest BCUT2D eigenvalue weighted by Gasteiger charge is 2.27. The van der Waals surface area contributed by atoms with Gasteiger partial charge in [-0.1, -0.05) is 5.16 Å². The molecule has 2 heterocycles. The van der Waals surface area contributed by atoms with Crippen LogP contribution in [-0.4, -0.2) is 22.9 Å². The fourth-order valence-corrected chi connectivity index (χ4v) is 1.71. The highest BCUT2D eigenvalue weighted by molar-refractivity contribution is 14.1. The topological polar surface area (TPSA) is 48.2 Å². The molecule has 66 valence electrons. The Morgan fingerprint density at radius 1 is 1.58 bits per heavy atom. The molecular formula is C7H9IN2O2. The molecule has 1 saturated heterocycles. The van der Waals surface area contributed by atoms with Crippen molar-refractivity contribution in [1.82, 2.24) is 10.1 Å². The van der Waals surface area contributed by atoms with Crippen LogP contribution in [0.4, 0.5) is 0 Å². The molecule has 0 amide bonds. The second-order valence-electron chi connectivity index (χ2n) is 2.98. The summed E-state index contributed by atoms with van der Waals surface area (Å²) in [6, 6.07) is 0. The van der Waals surface area contributed by atoms with E-state index in [-0.39, 0.29) is 0 Å². The van der Waals surface area contributed by atoms with Gasteiger partial charge in [0.2, 0.25) is 9.72 Å². The summed E-state index contributed by atoms with van der Waals surface area (Å²) >= 11 is 2.04. The minimum Gasteiger partial charge on any atom is -0.378 e. The lowest BCUT2D eigenvalue weighted by Gasteiger charge is -1.97. The van der Waals surface area contributed by atoms with Crippen molar-refractivity contribution in [1.29, 1.82) is 0 Å². The van der Waals surface area contributed by atoms with E-state index in [1.165, 1.54) is 0 Å². The van der Waals surface area contributed by atoms with E-state index in [1.807, 2.05) is 22.6 Å². The molecule has 12 heavy (non-hydrogen) atoms. The quantitative estimate of drug-likeness (QED) is 0.732. The van der Waals surface area contributed by atoms with Gasteiger partial charge < -0.3 is 9.26 Å². The van der Waals surface area contributed by atoms with Gasteiger partial charge in [-0.05, 0) is 13.3 Å². The first kappa shape index (κ1) is 8.43. The molecule has 2 rings (SSSR count). The second kappa shape index (κ2) is 3.29. The van der Waals surface area contributed by atoms with Crippen LogP contribution in [0.5, 0.6) is 0 Å². The molecule has 1 aromatic rings. The average Bonchev–Trinajstić information content (AvgIpc) is 2.58. The van der Waals surface area contributed by atoms with E-state index in [0.717, 1.165) is 6.42 Å². The smallest absolute Gasteiger partial charge is 0.232 e. The number of rotatable bonds is 1. The maximum absolute atomic E-state index is 5.40. The van der Waals surface area contributed by atoms with Crippen LogP contribution in [0.3, 0.4) is 0 Å². The Morgan fingerprint density at radius 2 is 2.42 bits per heavy atom. The van der Waals surface area contributed by atoms with Crippen molar-refractivity contribution in [2.45, 2.75) is 25.4 Å². The van der Waals surface area contributed by atoms with E-state index >= 15 is 0 Å². The van der Waals surface area contributed by atoms with Crippen molar-refractivity contribution in [2.24, 2.45) is 0 Å². The van der Waals surface area contributed by atoms with E-state index in [9.17, 15) is 0 Å². The molecule has 0 bridgehead atoms. The molecule has 5 heteroatoms. The Morgan fingerprint density at radius 3 is 2.92 bits per heavy atom. The number of hydrogen-bond donors (Lipinski definition) is 0. The van der Waals surface area contributed by atoms with E-state index in [4.69, 9.17) is 9.26 Å². The van der Waals surface area contributed by atoms with Gasteiger partial charge in [-0.15, -0.1) is 0 Å². The predicted molar refractivity (Wildman–Crippen MR) is 49.8 cm³/mol. The van der Waals surface area contributed by atoms with Crippen LogP contribution < -0.4 is 0 Å². The Kier molecular flexibility index (Phi) is 2.31. The van der Waals surface area contributed by atoms with E-state index < -0.39 is 0 Å². The van der Waals surface area contributed by atoms with Crippen LogP contribution >= 0.6 is 22.6 Å². The maximum atomic E-state index is 5.40. The predicted octanol–water partition coefficient (Wildman–Crippen LogP) is 1.57. The van der Waals surface area contributed by atoms with Crippen molar-refractivity contribution in [3.63, 3.8) is 0 Å². The van der Waals surface area contributed by atoms with Gasteiger partial charge in [0, 0.05) is 22.6 Å². The van der Waals surface area contributed by atoms with Gasteiger partial charge in [0.1, 0.15) is 0 Å². The number of nitrogens with zero attached hydrogens (tertiary/aromatic N) is 2. The Balaban J connectivity index is 2.11. The van der Waals surface area contributed by atoms with Crippen molar-refractivity contribution in [3.8, 4) is 0 Å². The van der Waals surface area contributed by atoms with Crippen LogP contribution in [0.1, 0.15) is 25.2 Å². The third-order valence-electron chi connectivity index (χ3n) is 1.96. The third kappa shape index (κ3) is 1.61. The third-order valence-corrected chi connectivity index (χ3v) is 2.40. The first-order valence-electron chi connectivity index (χ1n) is 3.86. The second-order valence-corrected chi connectivity index (χ2v) is 3.94. The van der Waals surface area contributed by atoms with Gasteiger partial charge in [0.25, 0.3) is 0 Å². The van der Waals surface area contributed by atoms with E-state index in [2.05, 4.69) is 17.1 Å². The number of ether oxygens (including phenoxy) is 1. The number of hydrogen-bond acceptors (Lipinski definition) is 4. The molecule has 0 aromatic carbocycles. The first-order valence-corrected chi connectivity index (χ1v) is 4.94. The zero-order valence-electron chi connectivity index (χ0n) is 6.66. The fourth-order valence-electron chi connectivity index (χ4n) is 1.37. The number of halogens is 1. The van der Waals surface area contributed by atoms with Crippen molar-refractivity contribution in [2.75, 3.05) is 6.61 Å². The molecular weight excluding hydrogens is 271 g/mol. The molecule has 1 aliphatic rings. The minimum atomic E-state index is 0.302. The summed E-state index contributed by atoms with van der Waals surface area (Å²) in [6.45, 7) is 2.76. The molecule has 1 aliphatic heterocycles. The lowest BCUT2D eigenvalue weighted by molar-refractivity contribution is 0.122. The number of aromatic nitrogens is 2. The molecule has 0 radical (unpaired) electrons. The molecule has 0 saturated carbocycles. The molecule has 1 aromatic heterocycles. The summed E-state index contributed by atoms with van der Waals surface area (Å²) in [5, 5.41) is 3.73. The Labute approximate surface area is 83.8 Å². The summed E-state index contributed by atoms with van der Waals surface area (Å²) < 4.78 is 11.1. The van der Waals surface area contributed by atoms with Gasteiger partial charge in [0.15, 0.2) is 0 Å². The maximum Gasteiger partial charge on any atom is 0.232 e. The monoisotopic (exact) mass is 280 g/mol. The highest BCUT2D eigenvalue weighted by atomic mass is 127.